The number of carboxylic acids is 1. The molecule has 0 spiro atoms. The summed E-state index contributed by atoms with van der Waals surface area (Å²) in [4.78, 5) is 24.1. The summed E-state index contributed by atoms with van der Waals surface area (Å²) in [5, 5.41) is 8.41. The first-order valence-corrected chi connectivity index (χ1v) is 8.72. The van der Waals surface area contributed by atoms with Gasteiger partial charge in [0.1, 0.15) is 12.3 Å². The minimum atomic E-state index is -3.47. The number of hydrogen-bond donors (Lipinski definition) is 1. The van der Waals surface area contributed by atoms with Crippen LogP contribution in [0.1, 0.15) is 46.0 Å². The number of carboxylic acid groups (broad SMARTS) is 1. The van der Waals surface area contributed by atoms with E-state index in [2.05, 4.69) is 0 Å². The van der Waals surface area contributed by atoms with Crippen molar-refractivity contribution in [2.45, 2.75) is 57.2 Å². The van der Waals surface area contributed by atoms with Crippen LogP contribution in [-0.2, 0) is 19.4 Å². The Morgan fingerprint density at radius 3 is 2.30 bits per heavy atom. The van der Waals surface area contributed by atoms with Gasteiger partial charge in [-0.3, -0.25) is 9.59 Å². The van der Waals surface area contributed by atoms with Crippen molar-refractivity contribution in [2.24, 2.45) is 0 Å². The lowest BCUT2D eigenvalue weighted by Gasteiger charge is -2.27. The second kappa shape index (κ2) is 7.06. The number of carbonyl (C=O) groups excluding carboxylic acids is 1. The molecule has 0 radical (unpaired) electrons. The van der Waals surface area contributed by atoms with Crippen molar-refractivity contribution in [3.8, 4) is 0 Å². The van der Waals surface area contributed by atoms with Crippen molar-refractivity contribution in [3.63, 3.8) is 0 Å². The maximum absolute atomic E-state index is 12.1. The van der Waals surface area contributed by atoms with Crippen LogP contribution in [0.2, 0.25) is 0 Å². The van der Waals surface area contributed by atoms with Crippen molar-refractivity contribution in [1.29, 1.82) is 0 Å². The molecule has 1 aliphatic rings. The Hall–Kier alpha value is -1.11. The molecule has 116 valence electrons. The van der Waals surface area contributed by atoms with Gasteiger partial charge < -0.3 is 10.0 Å². The van der Waals surface area contributed by atoms with Gasteiger partial charge >= 0.3 is 5.97 Å². The topological polar surface area (TPSA) is 91.8 Å². The zero-order valence-corrected chi connectivity index (χ0v) is 12.9. The van der Waals surface area contributed by atoms with Gasteiger partial charge in [-0.2, -0.15) is 0 Å². The molecule has 1 saturated carbocycles. The van der Waals surface area contributed by atoms with Crippen molar-refractivity contribution < 1.29 is 23.1 Å². The van der Waals surface area contributed by atoms with E-state index in [1.54, 1.807) is 6.92 Å². The van der Waals surface area contributed by atoms with E-state index in [4.69, 9.17) is 5.11 Å². The summed E-state index contributed by atoms with van der Waals surface area (Å²) in [6.07, 6.45) is 3.56. The molecule has 6 nitrogen and oxygen atoms in total. The fraction of sp³-hybridized carbons (Fsp3) is 0.846. The highest BCUT2D eigenvalue weighted by Crippen LogP contribution is 2.25. The summed E-state index contributed by atoms with van der Waals surface area (Å²) in [7, 11) is -3.47. The quantitative estimate of drug-likeness (QED) is 0.759. The summed E-state index contributed by atoms with van der Waals surface area (Å²) >= 11 is 0. The van der Waals surface area contributed by atoms with E-state index in [-0.39, 0.29) is 6.04 Å². The number of amides is 1. The lowest BCUT2D eigenvalue weighted by atomic mass is 10.2. The SMILES string of the molecule is CCC(C)N(CC(=O)O)C(=O)CS(=O)(=O)C1CCCC1. The van der Waals surface area contributed by atoms with Crippen molar-refractivity contribution in [1.82, 2.24) is 4.90 Å². The Morgan fingerprint density at radius 2 is 1.85 bits per heavy atom. The summed E-state index contributed by atoms with van der Waals surface area (Å²) < 4.78 is 24.3. The Labute approximate surface area is 120 Å². The molecule has 1 fully saturated rings. The van der Waals surface area contributed by atoms with Crippen LogP contribution in [0.4, 0.5) is 0 Å². The van der Waals surface area contributed by atoms with E-state index >= 15 is 0 Å². The van der Waals surface area contributed by atoms with Crippen LogP contribution in [0.15, 0.2) is 0 Å². The third kappa shape index (κ3) is 4.47. The zero-order chi connectivity index (χ0) is 15.3. The highest BCUT2D eigenvalue weighted by molar-refractivity contribution is 7.92. The molecular formula is C13H23NO5S. The van der Waals surface area contributed by atoms with Gasteiger partial charge in [0.05, 0.1) is 5.25 Å². The van der Waals surface area contributed by atoms with Crippen LogP contribution in [-0.4, -0.2) is 53.9 Å². The van der Waals surface area contributed by atoms with Gasteiger partial charge in [-0.1, -0.05) is 19.8 Å². The highest BCUT2D eigenvalue weighted by atomic mass is 32.2. The van der Waals surface area contributed by atoms with Gasteiger partial charge in [0.15, 0.2) is 9.84 Å². The van der Waals surface area contributed by atoms with Crippen LogP contribution in [0.3, 0.4) is 0 Å². The molecule has 1 amide bonds. The third-order valence-corrected chi connectivity index (χ3v) is 6.02. The predicted octanol–water partition coefficient (Wildman–Crippen LogP) is 1.06. The first-order chi connectivity index (χ1) is 9.27. The molecule has 0 aromatic rings. The minimum absolute atomic E-state index is 0.280. The predicted molar refractivity (Wildman–Crippen MR) is 75.1 cm³/mol. The molecule has 0 bridgehead atoms. The van der Waals surface area contributed by atoms with Crippen molar-refractivity contribution in [3.05, 3.63) is 0 Å². The molecule has 7 heteroatoms. The number of hydrogen-bond acceptors (Lipinski definition) is 4. The van der Waals surface area contributed by atoms with Gasteiger partial charge in [-0.15, -0.1) is 0 Å². The van der Waals surface area contributed by atoms with Gasteiger partial charge in [0.2, 0.25) is 5.91 Å². The lowest BCUT2D eigenvalue weighted by Crippen LogP contribution is -2.45. The largest absolute Gasteiger partial charge is 0.480 e. The first-order valence-electron chi connectivity index (χ1n) is 7.00. The van der Waals surface area contributed by atoms with Crippen LogP contribution in [0, 0.1) is 0 Å². The zero-order valence-electron chi connectivity index (χ0n) is 12.0. The molecule has 0 saturated heterocycles. The van der Waals surface area contributed by atoms with E-state index in [1.165, 1.54) is 0 Å². The van der Waals surface area contributed by atoms with Crippen LogP contribution >= 0.6 is 0 Å². The summed E-state index contributed by atoms with van der Waals surface area (Å²) in [6.45, 7) is 3.11. The Bertz CT molecular complexity index is 453. The highest BCUT2D eigenvalue weighted by Gasteiger charge is 2.33. The third-order valence-electron chi connectivity index (χ3n) is 3.88. The van der Waals surface area contributed by atoms with Crippen LogP contribution in [0.25, 0.3) is 0 Å². The second-order valence-corrected chi connectivity index (χ2v) is 7.67. The summed E-state index contributed by atoms with van der Waals surface area (Å²) in [5.74, 6) is -2.31. The van der Waals surface area contributed by atoms with E-state index in [1.807, 2.05) is 6.92 Å². The first kappa shape index (κ1) is 16.9. The molecule has 1 N–H and O–H groups in total. The van der Waals surface area contributed by atoms with Gasteiger partial charge in [0, 0.05) is 6.04 Å². The molecule has 0 heterocycles. The van der Waals surface area contributed by atoms with Crippen molar-refractivity contribution in [2.75, 3.05) is 12.3 Å². The Kier molecular flexibility index (Phi) is 5.98. The molecule has 0 aliphatic heterocycles. The van der Waals surface area contributed by atoms with Gasteiger partial charge in [0.25, 0.3) is 0 Å². The number of aliphatic carboxylic acids is 1. The fourth-order valence-corrected chi connectivity index (χ4v) is 4.27. The number of sulfone groups is 1. The smallest absolute Gasteiger partial charge is 0.323 e. The van der Waals surface area contributed by atoms with E-state index in [0.29, 0.717) is 19.3 Å². The van der Waals surface area contributed by atoms with Crippen molar-refractivity contribution >= 4 is 21.7 Å². The number of nitrogens with zero attached hydrogens (tertiary/aromatic N) is 1. The number of carbonyl (C=O) groups is 2. The maximum atomic E-state index is 12.1. The minimum Gasteiger partial charge on any atom is -0.480 e. The molecule has 1 atom stereocenters. The standard InChI is InChI=1S/C13H23NO5S/c1-3-10(2)14(8-13(16)17)12(15)9-20(18,19)11-6-4-5-7-11/h10-11H,3-9H2,1-2H3,(H,16,17). The van der Waals surface area contributed by atoms with E-state index < -0.39 is 39.3 Å². The molecule has 20 heavy (non-hydrogen) atoms. The molecule has 1 rings (SSSR count). The molecule has 1 aliphatic carbocycles. The number of rotatable bonds is 7. The molecule has 0 aromatic heterocycles. The monoisotopic (exact) mass is 305 g/mol. The average Bonchev–Trinajstić information content (AvgIpc) is 2.88. The normalized spacial score (nSPS) is 17.9. The van der Waals surface area contributed by atoms with Gasteiger partial charge in [-0.25, -0.2) is 8.42 Å². The maximum Gasteiger partial charge on any atom is 0.323 e. The van der Waals surface area contributed by atoms with Gasteiger partial charge in [-0.05, 0) is 26.2 Å². The molecular weight excluding hydrogens is 282 g/mol. The summed E-state index contributed by atoms with van der Waals surface area (Å²) in [5.41, 5.74) is 0. The average molecular weight is 305 g/mol. The van der Waals surface area contributed by atoms with E-state index in [0.717, 1.165) is 17.7 Å². The lowest BCUT2D eigenvalue weighted by molar-refractivity contribution is -0.145. The summed E-state index contributed by atoms with van der Waals surface area (Å²) in [6, 6.07) is -0.280. The Morgan fingerprint density at radius 1 is 1.30 bits per heavy atom. The Balaban J connectivity index is 2.76. The second-order valence-electron chi connectivity index (χ2n) is 5.39. The van der Waals surface area contributed by atoms with E-state index in [9.17, 15) is 18.0 Å². The molecule has 1 unspecified atom stereocenters. The molecule has 0 aromatic carbocycles. The van der Waals surface area contributed by atoms with Crippen LogP contribution < -0.4 is 0 Å². The fourth-order valence-electron chi connectivity index (χ4n) is 2.48. The van der Waals surface area contributed by atoms with Crippen LogP contribution in [0.5, 0.6) is 0 Å².